The lowest BCUT2D eigenvalue weighted by Crippen LogP contribution is -2.41. The molecule has 0 bridgehead atoms. The minimum absolute atomic E-state index is 0.0955. The zero-order chi connectivity index (χ0) is 20.8. The summed E-state index contributed by atoms with van der Waals surface area (Å²) in [5.74, 6) is 0.359. The van der Waals surface area contributed by atoms with E-state index < -0.39 is 0 Å². The number of carbonyl (C=O) groups is 1. The number of benzene rings is 3. The van der Waals surface area contributed by atoms with Gasteiger partial charge in [-0.3, -0.25) is 4.79 Å². The summed E-state index contributed by atoms with van der Waals surface area (Å²) in [6.07, 6.45) is 1.61. The maximum absolute atomic E-state index is 12.7. The Morgan fingerprint density at radius 2 is 1.77 bits per heavy atom. The van der Waals surface area contributed by atoms with Crippen molar-refractivity contribution in [3.8, 4) is 11.8 Å². The lowest BCUT2D eigenvalue weighted by Gasteiger charge is -2.26. The van der Waals surface area contributed by atoms with E-state index in [1.165, 1.54) is 0 Å². The third-order valence-corrected chi connectivity index (χ3v) is 5.13. The molecular weight excluding hydrogens is 376 g/mol. The first-order valence-corrected chi connectivity index (χ1v) is 9.93. The highest BCUT2D eigenvalue weighted by atomic mass is 16.5. The van der Waals surface area contributed by atoms with Crippen LogP contribution in [0.3, 0.4) is 0 Å². The maximum Gasteiger partial charge on any atom is 0.264 e. The van der Waals surface area contributed by atoms with Crippen molar-refractivity contribution in [2.75, 3.05) is 26.3 Å². The van der Waals surface area contributed by atoms with Gasteiger partial charge in [0.05, 0.1) is 13.2 Å². The number of nitrogens with zero attached hydrogens (tertiary/aromatic N) is 2. The quantitative estimate of drug-likeness (QED) is 0.478. The van der Waals surface area contributed by atoms with Crippen LogP contribution in [0.1, 0.15) is 11.1 Å². The number of hydrogen-bond acceptors (Lipinski definition) is 4. The molecule has 1 aliphatic heterocycles. The van der Waals surface area contributed by atoms with Gasteiger partial charge in [0.25, 0.3) is 5.91 Å². The van der Waals surface area contributed by atoms with E-state index in [2.05, 4.69) is 18.2 Å². The fourth-order valence-corrected chi connectivity index (χ4v) is 3.54. The highest BCUT2D eigenvalue weighted by molar-refractivity contribution is 6.02. The van der Waals surface area contributed by atoms with Crippen molar-refractivity contribution in [2.45, 2.75) is 6.61 Å². The molecule has 4 rings (SSSR count). The molecule has 1 aliphatic rings. The first-order valence-electron chi connectivity index (χ1n) is 9.93. The highest BCUT2D eigenvalue weighted by Crippen LogP contribution is 2.25. The van der Waals surface area contributed by atoms with E-state index in [-0.39, 0.29) is 11.5 Å². The van der Waals surface area contributed by atoms with Crippen LogP contribution in [0.4, 0.5) is 0 Å². The molecule has 0 unspecified atom stereocenters. The van der Waals surface area contributed by atoms with Gasteiger partial charge in [-0.2, -0.15) is 5.26 Å². The molecule has 0 atom stereocenters. The molecule has 3 aromatic rings. The first-order chi connectivity index (χ1) is 14.8. The van der Waals surface area contributed by atoms with Crippen molar-refractivity contribution in [3.63, 3.8) is 0 Å². The van der Waals surface area contributed by atoms with Gasteiger partial charge >= 0.3 is 0 Å². The Bertz CT molecular complexity index is 1120. The molecule has 0 saturated carbocycles. The second kappa shape index (κ2) is 9.25. The fourth-order valence-electron chi connectivity index (χ4n) is 3.54. The molecule has 1 heterocycles. The van der Waals surface area contributed by atoms with Crippen LogP contribution in [0.25, 0.3) is 16.8 Å². The van der Waals surface area contributed by atoms with Gasteiger partial charge in [-0.1, -0.05) is 60.7 Å². The van der Waals surface area contributed by atoms with Crippen molar-refractivity contribution in [3.05, 3.63) is 83.4 Å². The van der Waals surface area contributed by atoms with Crippen LogP contribution in [-0.2, 0) is 16.1 Å². The van der Waals surface area contributed by atoms with Crippen molar-refractivity contribution in [1.82, 2.24) is 4.90 Å². The summed E-state index contributed by atoms with van der Waals surface area (Å²) in [6.45, 7) is 2.38. The molecule has 0 spiro atoms. The summed E-state index contributed by atoms with van der Waals surface area (Å²) in [5, 5.41) is 11.9. The second-order valence-corrected chi connectivity index (χ2v) is 7.04. The van der Waals surface area contributed by atoms with Gasteiger partial charge in [-0.15, -0.1) is 0 Å². The van der Waals surface area contributed by atoms with Gasteiger partial charge in [0, 0.05) is 18.7 Å². The summed E-state index contributed by atoms with van der Waals surface area (Å²) < 4.78 is 11.4. The molecule has 5 nitrogen and oxygen atoms in total. The molecule has 30 heavy (non-hydrogen) atoms. The van der Waals surface area contributed by atoms with Crippen LogP contribution >= 0.6 is 0 Å². The molecule has 0 aromatic heterocycles. The molecule has 1 saturated heterocycles. The van der Waals surface area contributed by atoms with E-state index in [0.29, 0.717) is 44.2 Å². The van der Waals surface area contributed by atoms with E-state index in [1.54, 1.807) is 11.0 Å². The third kappa shape index (κ3) is 4.35. The van der Waals surface area contributed by atoms with Crippen LogP contribution in [0.15, 0.2) is 72.3 Å². The third-order valence-electron chi connectivity index (χ3n) is 5.13. The molecule has 0 aliphatic carbocycles. The predicted molar refractivity (Wildman–Crippen MR) is 116 cm³/mol. The SMILES string of the molecule is N#C/C(=C\c1ccccc1OCc1cccc2ccccc12)C(=O)N1CCOCC1. The van der Waals surface area contributed by atoms with E-state index in [1.807, 2.05) is 54.6 Å². The van der Waals surface area contributed by atoms with Crippen molar-refractivity contribution < 1.29 is 14.3 Å². The summed E-state index contributed by atoms with van der Waals surface area (Å²) >= 11 is 0. The maximum atomic E-state index is 12.7. The van der Waals surface area contributed by atoms with Crippen molar-refractivity contribution in [1.29, 1.82) is 5.26 Å². The Kier molecular flexibility index (Phi) is 6.07. The molecule has 1 fully saturated rings. The molecule has 0 radical (unpaired) electrons. The van der Waals surface area contributed by atoms with E-state index in [9.17, 15) is 10.1 Å². The smallest absolute Gasteiger partial charge is 0.264 e. The van der Waals surface area contributed by atoms with Gasteiger partial charge in [0.1, 0.15) is 24.0 Å². The fraction of sp³-hybridized carbons (Fsp3) is 0.200. The lowest BCUT2D eigenvalue weighted by molar-refractivity contribution is -0.130. The molecule has 5 heteroatoms. The molecule has 1 amide bonds. The minimum atomic E-state index is -0.273. The number of hydrogen-bond donors (Lipinski definition) is 0. The number of amides is 1. The topological polar surface area (TPSA) is 62.6 Å². The van der Waals surface area contributed by atoms with Gasteiger partial charge in [-0.05, 0) is 28.5 Å². The molecule has 0 N–H and O–H groups in total. The minimum Gasteiger partial charge on any atom is -0.488 e. The Balaban J connectivity index is 1.57. The number of ether oxygens (including phenoxy) is 2. The van der Waals surface area contributed by atoms with Crippen LogP contribution in [-0.4, -0.2) is 37.1 Å². The van der Waals surface area contributed by atoms with E-state index in [4.69, 9.17) is 9.47 Å². The average molecular weight is 398 g/mol. The lowest BCUT2D eigenvalue weighted by atomic mass is 10.1. The number of carbonyl (C=O) groups excluding carboxylic acids is 1. The Morgan fingerprint density at radius 1 is 1.03 bits per heavy atom. The normalized spacial score (nSPS) is 14.4. The van der Waals surface area contributed by atoms with E-state index in [0.717, 1.165) is 16.3 Å². The zero-order valence-corrected chi connectivity index (χ0v) is 16.6. The summed E-state index contributed by atoms with van der Waals surface area (Å²) in [5.41, 5.74) is 1.88. The summed E-state index contributed by atoms with van der Waals surface area (Å²) in [7, 11) is 0. The summed E-state index contributed by atoms with van der Waals surface area (Å²) in [6, 6.07) is 23.8. The highest BCUT2D eigenvalue weighted by Gasteiger charge is 2.21. The van der Waals surface area contributed by atoms with Crippen molar-refractivity contribution >= 4 is 22.8 Å². The van der Waals surface area contributed by atoms with Crippen LogP contribution < -0.4 is 4.74 Å². The van der Waals surface area contributed by atoms with E-state index >= 15 is 0 Å². The number of morpholine rings is 1. The number of nitriles is 1. The average Bonchev–Trinajstić information content (AvgIpc) is 2.82. The van der Waals surface area contributed by atoms with Gasteiger partial charge in [-0.25, -0.2) is 0 Å². The van der Waals surface area contributed by atoms with Gasteiger partial charge in [0.2, 0.25) is 0 Å². The number of rotatable bonds is 5. The number of para-hydroxylation sites is 1. The van der Waals surface area contributed by atoms with Crippen LogP contribution in [0, 0.1) is 11.3 Å². The van der Waals surface area contributed by atoms with Crippen molar-refractivity contribution in [2.24, 2.45) is 0 Å². The molecular formula is C25H22N2O3. The Labute approximate surface area is 175 Å². The Morgan fingerprint density at radius 3 is 2.60 bits per heavy atom. The Hall–Kier alpha value is -3.62. The first kappa shape index (κ1) is 19.7. The zero-order valence-electron chi connectivity index (χ0n) is 16.6. The summed E-state index contributed by atoms with van der Waals surface area (Å²) in [4.78, 5) is 14.4. The van der Waals surface area contributed by atoms with Crippen LogP contribution in [0.2, 0.25) is 0 Å². The van der Waals surface area contributed by atoms with Gasteiger partial charge in [0.15, 0.2) is 0 Å². The molecule has 3 aromatic carbocycles. The predicted octanol–water partition coefficient (Wildman–Crippen LogP) is 4.18. The molecule has 150 valence electrons. The van der Waals surface area contributed by atoms with Gasteiger partial charge < -0.3 is 14.4 Å². The largest absolute Gasteiger partial charge is 0.488 e. The van der Waals surface area contributed by atoms with Crippen LogP contribution in [0.5, 0.6) is 5.75 Å². The monoisotopic (exact) mass is 398 g/mol. The standard InChI is InChI=1S/C25H22N2O3/c26-17-22(25(28)27-12-14-29-15-13-27)16-20-7-2-4-11-24(20)30-18-21-9-5-8-19-6-1-3-10-23(19)21/h1-11,16H,12-15,18H2/b22-16+. The number of fused-ring (bicyclic) bond motifs is 1. The second-order valence-electron chi connectivity index (χ2n) is 7.04.